The van der Waals surface area contributed by atoms with E-state index in [9.17, 15) is 9.59 Å². The molecular weight excluding hydrogens is 334 g/mol. The molecule has 1 N–H and O–H groups in total. The van der Waals surface area contributed by atoms with E-state index in [0.29, 0.717) is 23.6 Å². The van der Waals surface area contributed by atoms with Crippen molar-refractivity contribution >= 4 is 38.3 Å². The summed E-state index contributed by atoms with van der Waals surface area (Å²) in [6.07, 6.45) is 6.52. The second-order valence-electron chi connectivity index (χ2n) is 6.15. The van der Waals surface area contributed by atoms with Crippen molar-refractivity contribution in [1.29, 1.82) is 0 Å². The summed E-state index contributed by atoms with van der Waals surface area (Å²) in [5, 5.41) is 4.37. The number of hydrogen-bond acceptors (Lipinski definition) is 4. The van der Waals surface area contributed by atoms with Gasteiger partial charge in [0.15, 0.2) is 0 Å². The highest BCUT2D eigenvalue weighted by Gasteiger charge is 2.21. The minimum Gasteiger partial charge on any atom is -0.462 e. The summed E-state index contributed by atoms with van der Waals surface area (Å²) in [6, 6.07) is 7.69. The fourth-order valence-electron chi connectivity index (χ4n) is 2.62. The minimum absolute atomic E-state index is 0.0368. The number of carbonyl (C=O) groups is 2. The van der Waals surface area contributed by atoms with Gasteiger partial charge in [-0.25, -0.2) is 4.79 Å². The van der Waals surface area contributed by atoms with Crippen LogP contribution in [0.4, 0.5) is 5.00 Å². The third-order valence-electron chi connectivity index (χ3n) is 4.04. The Labute approximate surface area is 153 Å². The number of unbranched alkanes of at least 4 members (excludes halogenated alkanes) is 4. The van der Waals surface area contributed by atoms with Gasteiger partial charge in [0.2, 0.25) is 5.91 Å². The average molecular weight is 362 g/mol. The Balaban J connectivity index is 2.13. The van der Waals surface area contributed by atoms with Crippen LogP contribution in [-0.4, -0.2) is 18.5 Å². The lowest BCUT2D eigenvalue weighted by Crippen LogP contribution is -2.14. The molecule has 1 heterocycles. The Morgan fingerprint density at radius 1 is 1.04 bits per heavy atom. The van der Waals surface area contributed by atoms with Crippen molar-refractivity contribution in [3.8, 4) is 0 Å². The number of hydrogen-bond donors (Lipinski definition) is 1. The molecule has 0 aliphatic heterocycles. The van der Waals surface area contributed by atoms with Gasteiger partial charge in [0.25, 0.3) is 0 Å². The van der Waals surface area contributed by atoms with Crippen LogP contribution >= 0.6 is 11.3 Å². The third-order valence-corrected chi connectivity index (χ3v) is 5.13. The Bertz CT molecular complexity index is 708. The van der Waals surface area contributed by atoms with E-state index in [1.807, 2.05) is 24.3 Å². The third kappa shape index (κ3) is 5.56. The van der Waals surface area contributed by atoms with E-state index < -0.39 is 0 Å². The molecule has 0 aliphatic carbocycles. The van der Waals surface area contributed by atoms with Crippen molar-refractivity contribution in [2.75, 3.05) is 11.9 Å². The van der Waals surface area contributed by atoms with E-state index in [0.717, 1.165) is 48.6 Å². The van der Waals surface area contributed by atoms with Gasteiger partial charge in [-0.15, -0.1) is 11.3 Å². The van der Waals surface area contributed by atoms with E-state index in [4.69, 9.17) is 4.74 Å². The molecule has 0 bridgehead atoms. The van der Waals surface area contributed by atoms with Gasteiger partial charge in [0.05, 0.1) is 6.61 Å². The molecule has 0 radical (unpaired) electrons. The molecule has 0 atom stereocenters. The number of anilines is 1. The average Bonchev–Trinajstić information content (AvgIpc) is 2.96. The standard InChI is InChI=1S/C20H27NO3S/c1-3-5-7-8-13-17(22)21-19-18(20(23)24-14-6-4-2)15-11-9-10-12-16(15)25-19/h9-12H,3-8,13-14H2,1-2H3,(H,21,22). The monoisotopic (exact) mass is 361 g/mol. The van der Waals surface area contributed by atoms with Gasteiger partial charge in [0, 0.05) is 16.5 Å². The maximum absolute atomic E-state index is 12.5. The van der Waals surface area contributed by atoms with Crippen LogP contribution in [0.2, 0.25) is 0 Å². The molecule has 5 heteroatoms. The van der Waals surface area contributed by atoms with Gasteiger partial charge < -0.3 is 10.1 Å². The molecule has 0 unspecified atom stereocenters. The number of rotatable bonds is 10. The summed E-state index contributed by atoms with van der Waals surface area (Å²) in [4.78, 5) is 24.8. The number of amides is 1. The molecule has 2 aromatic rings. The summed E-state index contributed by atoms with van der Waals surface area (Å²) in [6.45, 7) is 4.61. The van der Waals surface area contributed by atoms with E-state index >= 15 is 0 Å². The van der Waals surface area contributed by atoms with Crippen LogP contribution in [0, 0.1) is 0 Å². The summed E-state index contributed by atoms with van der Waals surface area (Å²) in [5.74, 6) is -0.391. The van der Waals surface area contributed by atoms with Crippen LogP contribution in [0.3, 0.4) is 0 Å². The van der Waals surface area contributed by atoms with Crippen LogP contribution in [0.15, 0.2) is 24.3 Å². The number of thiophene rings is 1. The van der Waals surface area contributed by atoms with Crippen molar-refractivity contribution in [3.63, 3.8) is 0 Å². The lowest BCUT2D eigenvalue weighted by atomic mass is 10.1. The van der Waals surface area contributed by atoms with Gasteiger partial charge in [-0.1, -0.05) is 57.7 Å². The smallest absolute Gasteiger partial charge is 0.341 e. The van der Waals surface area contributed by atoms with Gasteiger partial charge in [-0.05, 0) is 18.9 Å². The minimum atomic E-state index is -0.354. The number of esters is 1. The predicted molar refractivity (Wildman–Crippen MR) is 104 cm³/mol. The SMILES string of the molecule is CCCCCCC(=O)Nc1sc2ccccc2c1C(=O)OCCCC. The Morgan fingerprint density at radius 2 is 1.80 bits per heavy atom. The Kier molecular flexibility index (Phi) is 7.92. The van der Waals surface area contributed by atoms with Gasteiger partial charge >= 0.3 is 5.97 Å². The number of benzene rings is 1. The van der Waals surface area contributed by atoms with E-state index in [1.165, 1.54) is 11.3 Å². The number of ether oxygens (including phenoxy) is 1. The van der Waals surface area contributed by atoms with Crippen molar-refractivity contribution in [1.82, 2.24) is 0 Å². The topological polar surface area (TPSA) is 55.4 Å². The zero-order valence-electron chi connectivity index (χ0n) is 15.1. The second-order valence-corrected chi connectivity index (χ2v) is 7.20. The molecular formula is C20H27NO3S. The molecule has 0 spiro atoms. The molecule has 1 aromatic heterocycles. The van der Waals surface area contributed by atoms with Crippen LogP contribution in [0.25, 0.3) is 10.1 Å². The predicted octanol–water partition coefficient (Wildman–Crippen LogP) is 5.77. The zero-order chi connectivity index (χ0) is 18.1. The first-order valence-electron chi connectivity index (χ1n) is 9.15. The normalized spacial score (nSPS) is 10.8. The van der Waals surface area contributed by atoms with Crippen molar-refractivity contribution in [2.45, 2.75) is 58.8 Å². The molecule has 0 saturated heterocycles. The maximum Gasteiger partial charge on any atom is 0.341 e. The van der Waals surface area contributed by atoms with Crippen LogP contribution in [0.1, 0.15) is 69.2 Å². The molecule has 136 valence electrons. The highest BCUT2D eigenvalue weighted by Crippen LogP contribution is 2.36. The quantitative estimate of drug-likeness (QED) is 0.432. The molecule has 0 aliphatic rings. The Hall–Kier alpha value is -1.88. The zero-order valence-corrected chi connectivity index (χ0v) is 15.9. The first-order chi connectivity index (χ1) is 12.2. The molecule has 4 nitrogen and oxygen atoms in total. The van der Waals surface area contributed by atoms with Crippen molar-refractivity contribution in [3.05, 3.63) is 29.8 Å². The van der Waals surface area contributed by atoms with Crippen LogP contribution in [0.5, 0.6) is 0 Å². The molecule has 0 fully saturated rings. The fraction of sp³-hybridized carbons (Fsp3) is 0.500. The highest BCUT2D eigenvalue weighted by atomic mass is 32.1. The van der Waals surface area contributed by atoms with Gasteiger partial charge in [-0.3, -0.25) is 4.79 Å². The summed E-state index contributed by atoms with van der Waals surface area (Å²) in [5.41, 5.74) is 0.485. The maximum atomic E-state index is 12.5. The molecule has 1 aromatic carbocycles. The highest BCUT2D eigenvalue weighted by molar-refractivity contribution is 7.23. The number of carbonyl (C=O) groups excluding carboxylic acids is 2. The van der Waals surface area contributed by atoms with Crippen molar-refractivity contribution < 1.29 is 14.3 Å². The summed E-state index contributed by atoms with van der Waals surface area (Å²) < 4.78 is 6.36. The first kappa shape index (κ1) is 19.4. The lowest BCUT2D eigenvalue weighted by Gasteiger charge is -2.07. The molecule has 2 rings (SSSR count). The van der Waals surface area contributed by atoms with E-state index in [2.05, 4.69) is 19.2 Å². The largest absolute Gasteiger partial charge is 0.462 e. The van der Waals surface area contributed by atoms with Gasteiger partial charge in [0.1, 0.15) is 10.6 Å². The Morgan fingerprint density at radius 3 is 2.56 bits per heavy atom. The van der Waals surface area contributed by atoms with Gasteiger partial charge in [-0.2, -0.15) is 0 Å². The number of fused-ring (bicyclic) bond motifs is 1. The van der Waals surface area contributed by atoms with Crippen LogP contribution < -0.4 is 5.32 Å². The summed E-state index contributed by atoms with van der Waals surface area (Å²) >= 11 is 1.43. The molecule has 1 amide bonds. The second kappa shape index (κ2) is 10.2. The summed E-state index contributed by atoms with van der Waals surface area (Å²) in [7, 11) is 0. The number of nitrogens with one attached hydrogen (secondary N) is 1. The molecule has 25 heavy (non-hydrogen) atoms. The van der Waals surface area contributed by atoms with E-state index in [-0.39, 0.29) is 11.9 Å². The van der Waals surface area contributed by atoms with E-state index in [1.54, 1.807) is 0 Å². The fourth-order valence-corrected chi connectivity index (χ4v) is 3.73. The first-order valence-corrected chi connectivity index (χ1v) is 9.97. The van der Waals surface area contributed by atoms with Crippen molar-refractivity contribution in [2.24, 2.45) is 0 Å². The molecule has 0 saturated carbocycles. The van der Waals surface area contributed by atoms with Crippen LogP contribution in [-0.2, 0) is 9.53 Å². The lowest BCUT2D eigenvalue weighted by molar-refractivity contribution is -0.116.